The molecule has 1 aliphatic heterocycles. The van der Waals surface area contributed by atoms with Crippen LogP contribution < -0.4 is 4.90 Å². The van der Waals surface area contributed by atoms with Gasteiger partial charge in [-0.1, -0.05) is 5.21 Å². The van der Waals surface area contributed by atoms with Gasteiger partial charge in [-0.3, -0.25) is 0 Å². The van der Waals surface area contributed by atoms with E-state index in [0.29, 0.717) is 31.6 Å². The number of hydrogen-bond donors (Lipinski definition) is 1. The van der Waals surface area contributed by atoms with Crippen molar-refractivity contribution in [1.82, 2.24) is 25.0 Å². The summed E-state index contributed by atoms with van der Waals surface area (Å²) in [6, 6.07) is 0.954. The fourth-order valence-corrected chi connectivity index (χ4v) is 2.65. The Morgan fingerprint density at radius 3 is 2.58 bits per heavy atom. The maximum Gasteiger partial charge on any atom is 0.433 e. The number of hydrogen-bond acceptors (Lipinski definition) is 6. The van der Waals surface area contributed by atoms with Crippen LogP contribution in [0.15, 0.2) is 18.5 Å². The van der Waals surface area contributed by atoms with Crippen molar-refractivity contribution in [2.45, 2.75) is 38.1 Å². The Labute approximate surface area is 136 Å². The minimum absolute atomic E-state index is 0.0894. The topological polar surface area (TPSA) is 80.0 Å². The fourth-order valence-electron chi connectivity index (χ4n) is 2.65. The third-order valence-corrected chi connectivity index (χ3v) is 4.01. The van der Waals surface area contributed by atoms with E-state index in [1.165, 1.54) is 0 Å². The lowest BCUT2D eigenvalue weighted by molar-refractivity contribution is -0.141. The zero-order valence-electron chi connectivity index (χ0n) is 13.0. The van der Waals surface area contributed by atoms with Gasteiger partial charge in [0.05, 0.1) is 18.3 Å². The minimum atomic E-state index is -4.48. The maximum absolute atomic E-state index is 12.7. The van der Waals surface area contributed by atoms with Gasteiger partial charge < -0.3 is 10.0 Å². The van der Waals surface area contributed by atoms with Gasteiger partial charge in [-0.15, -0.1) is 5.10 Å². The Bertz CT molecular complexity index is 694. The van der Waals surface area contributed by atoms with E-state index in [2.05, 4.69) is 20.3 Å². The fraction of sp³-hybridized carbons (Fsp3) is 0.571. The molecule has 10 heteroatoms. The first-order valence-corrected chi connectivity index (χ1v) is 7.59. The molecule has 0 amide bonds. The molecule has 0 aromatic carbocycles. The van der Waals surface area contributed by atoms with Gasteiger partial charge in [0.15, 0.2) is 0 Å². The predicted octanol–water partition coefficient (Wildman–Crippen LogP) is 1.98. The highest BCUT2D eigenvalue weighted by molar-refractivity contribution is 5.31. The lowest BCUT2D eigenvalue weighted by atomic mass is 10.1. The van der Waals surface area contributed by atoms with Crippen LogP contribution in [0.3, 0.4) is 0 Å². The number of nitrogens with zero attached hydrogens (tertiary/aromatic N) is 6. The van der Waals surface area contributed by atoms with Gasteiger partial charge in [0.2, 0.25) is 5.95 Å². The second kappa shape index (κ2) is 6.34. The van der Waals surface area contributed by atoms with E-state index in [0.717, 1.165) is 12.3 Å². The molecule has 0 radical (unpaired) electrons. The zero-order valence-corrected chi connectivity index (χ0v) is 13.0. The van der Waals surface area contributed by atoms with Crippen molar-refractivity contribution in [3.63, 3.8) is 0 Å². The quantitative estimate of drug-likeness (QED) is 0.919. The predicted molar refractivity (Wildman–Crippen MR) is 78.2 cm³/mol. The van der Waals surface area contributed by atoms with Gasteiger partial charge in [-0.2, -0.15) is 13.2 Å². The molecule has 1 atom stereocenters. The van der Waals surface area contributed by atoms with Crippen molar-refractivity contribution in [1.29, 1.82) is 0 Å². The normalized spacial score (nSPS) is 18.0. The minimum Gasteiger partial charge on any atom is -0.387 e. The van der Waals surface area contributed by atoms with Gasteiger partial charge in [-0.05, 0) is 25.8 Å². The van der Waals surface area contributed by atoms with E-state index >= 15 is 0 Å². The summed E-state index contributed by atoms with van der Waals surface area (Å²) in [7, 11) is 0. The molecule has 7 nitrogen and oxygen atoms in total. The van der Waals surface area contributed by atoms with Gasteiger partial charge in [0.25, 0.3) is 0 Å². The number of alkyl halides is 3. The summed E-state index contributed by atoms with van der Waals surface area (Å²) < 4.78 is 39.9. The lowest BCUT2D eigenvalue weighted by Gasteiger charge is -2.31. The Morgan fingerprint density at radius 2 is 2.00 bits per heavy atom. The molecule has 24 heavy (non-hydrogen) atoms. The molecule has 0 unspecified atom stereocenters. The SMILES string of the molecule is C[C@@H](O)c1cn(C2CCN(c3nccc(C(F)(F)F)n3)CC2)nn1. The third-order valence-electron chi connectivity index (χ3n) is 4.01. The molecule has 3 rings (SSSR count). The number of aromatic nitrogens is 5. The van der Waals surface area contributed by atoms with Crippen molar-refractivity contribution in [3.8, 4) is 0 Å². The van der Waals surface area contributed by atoms with Crippen LogP contribution in [-0.2, 0) is 6.18 Å². The average Bonchev–Trinajstić information content (AvgIpc) is 3.05. The second-order valence-electron chi connectivity index (χ2n) is 5.76. The first-order valence-electron chi connectivity index (χ1n) is 7.59. The van der Waals surface area contributed by atoms with Crippen LogP contribution >= 0.6 is 0 Å². The zero-order chi connectivity index (χ0) is 17.3. The Balaban J connectivity index is 1.66. The summed E-state index contributed by atoms with van der Waals surface area (Å²) in [6.07, 6.45) is -0.967. The first kappa shape index (κ1) is 16.6. The summed E-state index contributed by atoms with van der Waals surface area (Å²) in [4.78, 5) is 9.30. The standard InChI is InChI=1S/C14H17F3N6O/c1-9(24)11-8-23(21-20-11)10-3-6-22(7-4-10)13-18-5-2-12(19-13)14(15,16)17/h2,5,8-10,24H,3-4,6-7H2,1H3/t9-/m1/s1. The molecule has 2 aromatic rings. The molecule has 1 N–H and O–H groups in total. The molecule has 0 bridgehead atoms. The molecular weight excluding hydrogens is 325 g/mol. The van der Waals surface area contributed by atoms with Crippen molar-refractivity contribution in [2.24, 2.45) is 0 Å². The maximum atomic E-state index is 12.7. The molecule has 1 fully saturated rings. The van der Waals surface area contributed by atoms with Gasteiger partial charge in [0, 0.05) is 19.3 Å². The van der Waals surface area contributed by atoms with E-state index in [-0.39, 0.29) is 12.0 Å². The van der Waals surface area contributed by atoms with E-state index in [9.17, 15) is 18.3 Å². The van der Waals surface area contributed by atoms with Crippen LogP contribution in [0, 0.1) is 0 Å². The van der Waals surface area contributed by atoms with Crippen LogP contribution in [0.4, 0.5) is 19.1 Å². The Kier molecular flexibility index (Phi) is 4.39. The van der Waals surface area contributed by atoms with Crippen molar-refractivity contribution in [3.05, 3.63) is 29.8 Å². The molecule has 1 saturated heterocycles. The molecule has 130 valence electrons. The number of aliphatic hydroxyl groups is 1. The molecule has 0 spiro atoms. The van der Waals surface area contributed by atoms with Crippen LogP contribution in [0.1, 0.15) is 43.3 Å². The molecule has 2 aromatic heterocycles. The lowest BCUT2D eigenvalue weighted by Crippen LogP contribution is -2.36. The van der Waals surface area contributed by atoms with Crippen molar-refractivity contribution in [2.75, 3.05) is 18.0 Å². The smallest absolute Gasteiger partial charge is 0.387 e. The number of anilines is 1. The first-order chi connectivity index (χ1) is 11.3. The number of rotatable bonds is 3. The van der Waals surface area contributed by atoms with Crippen LogP contribution in [0.5, 0.6) is 0 Å². The number of piperidine rings is 1. The van der Waals surface area contributed by atoms with Gasteiger partial charge in [0.1, 0.15) is 11.4 Å². The second-order valence-corrected chi connectivity index (χ2v) is 5.76. The van der Waals surface area contributed by atoms with E-state index in [1.807, 2.05) is 0 Å². The Morgan fingerprint density at radius 1 is 1.29 bits per heavy atom. The molecule has 0 aliphatic carbocycles. The van der Waals surface area contributed by atoms with E-state index in [4.69, 9.17) is 0 Å². The summed E-state index contributed by atoms with van der Waals surface area (Å²) in [5.74, 6) is 0.0894. The van der Waals surface area contributed by atoms with Gasteiger partial charge in [-0.25, -0.2) is 14.6 Å². The summed E-state index contributed by atoms with van der Waals surface area (Å²) in [6.45, 7) is 2.66. The molecule has 3 heterocycles. The monoisotopic (exact) mass is 342 g/mol. The summed E-state index contributed by atoms with van der Waals surface area (Å²) in [5.41, 5.74) is -0.439. The average molecular weight is 342 g/mol. The highest BCUT2D eigenvalue weighted by Crippen LogP contribution is 2.29. The highest BCUT2D eigenvalue weighted by Gasteiger charge is 2.33. The summed E-state index contributed by atoms with van der Waals surface area (Å²) in [5, 5.41) is 17.4. The highest BCUT2D eigenvalue weighted by atomic mass is 19.4. The Hall–Kier alpha value is -2.23. The number of aliphatic hydroxyl groups excluding tert-OH is 1. The van der Waals surface area contributed by atoms with E-state index in [1.54, 1.807) is 22.7 Å². The van der Waals surface area contributed by atoms with Crippen LogP contribution in [-0.4, -0.2) is 43.2 Å². The van der Waals surface area contributed by atoms with E-state index < -0.39 is 18.0 Å². The molecular formula is C14H17F3N6O. The molecule has 1 aliphatic rings. The van der Waals surface area contributed by atoms with Crippen molar-refractivity contribution < 1.29 is 18.3 Å². The number of halogens is 3. The van der Waals surface area contributed by atoms with Crippen LogP contribution in [0.25, 0.3) is 0 Å². The largest absolute Gasteiger partial charge is 0.433 e. The molecule has 0 saturated carbocycles. The van der Waals surface area contributed by atoms with Crippen LogP contribution in [0.2, 0.25) is 0 Å². The summed E-state index contributed by atoms with van der Waals surface area (Å²) >= 11 is 0. The third kappa shape index (κ3) is 3.48. The van der Waals surface area contributed by atoms with Gasteiger partial charge >= 0.3 is 6.18 Å². The van der Waals surface area contributed by atoms with Crippen molar-refractivity contribution >= 4 is 5.95 Å².